The zero-order valence-corrected chi connectivity index (χ0v) is 7.76. The highest BCUT2D eigenvalue weighted by atomic mass is 79.9. The first-order valence-electron chi connectivity index (χ1n) is 3.29. The van der Waals surface area contributed by atoms with E-state index in [1.54, 1.807) is 12.1 Å². The summed E-state index contributed by atoms with van der Waals surface area (Å²) in [5, 5.41) is 0. The first-order valence-corrected chi connectivity index (χ1v) is 4.08. The molecule has 2 N–H and O–H groups in total. The summed E-state index contributed by atoms with van der Waals surface area (Å²) in [6, 6.07) is 3.53. The summed E-state index contributed by atoms with van der Waals surface area (Å²) in [7, 11) is 0. The van der Waals surface area contributed by atoms with Gasteiger partial charge in [0.2, 0.25) is 5.88 Å². The van der Waals surface area contributed by atoms with E-state index >= 15 is 0 Å². The molecular weight excluding hydrogens is 208 g/mol. The average molecular weight is 217 g/mol. The molecule has 1 heterocycles. The molecule has 0 saturated heterocycles. The van der Waals surface area contributed by atoms with Gasteiger partial charge in [-0.25, -0.2) is 4.98 Å². The van der Waals surface area contributed by atoms with E-state index < -0.39 is 0 Å². The molecule has 0 aromatic carbocycles. The van der Waals surface area contributed by atoms with Crippen LogP contribution >= 0.6 is 15.9 Å². The van der Waals surface area contributed by atoms with E-state index in [0.29, 0.717) is 18.2 Å². The average Bonchev–Trinajstić information content (AvgIpc) is 1.98. The van der Waals surface area contributed by atoms with Crippen molar-refractivity contribution in [1.82, 2.24) is 4.98 Å². The van der Waals surface area contributed by atoms with Gasteiger partial charge in [-0.3, -0.25) is 0 Å². The fourth-order valence-corrected chi connectivity index (χ4v) is 0.974. The Hall–Kier alpha value is -0.770. The normalized spacial score (nSPS) is 9.64. The highest BCUT2D eigenvalue weighted by Gasteiger charge is 2.00. The highest BCUT2D eigenvalue weighted by molar-refractivity contribution is 9.10. The number of rotatable bonds is 2. The summed E-state index contributed by atoms with van der Waals surface area (Å²) >= 11 is 3.22. The molecule has 0 bridgehead atoms. The van der Waals surface area contributed by atoms with Crippen molar-refractivity contribution in [3.05, 3.63) is 16.7 Å². The summed E-state index contributed by atoms with van der Waals surface area (Å²) in [5.41, 5.74) is 6.13. The summed E-state index contributed by atoms with van der Waals surface area (Å²) in [4.78, 5) is 4.03. The van der Waals surface area contributed by atoms with Gasteiger partial charge in [0.15, 0.2) is 0 Å². The Morgan fingerprint density at radius 3 is 3.00 bits per heavy atom. The van der Waals surface area contributed by atoms with Crippen LogP contribution in [0.4, 0.5) is 5.69 Å². The van der Waals surface area contributed by atoms with Crippen LogP contribution in [-0.4, -0.2) is 11.6 Å². The van der Waals surface area contributed by atoms with Crippen molar-refractivity contribution in [2.24, 2.45) is 0 Å². The van der Waals surface area contributed by atoms with Gasteiger partial charge in [-0.1, -0.05) is 0 Å². The third-order valence-corrected chi connectivity index (χ3v) is 1.58. The Morgan fingerprint density at radius 1 is 1.64 bits per heavy atom. The molecule has 0 saturated carbocycles. The first kappa shape index (κ1) is 8.33. The molecule has 3 nitrogen and oxygen atoms in total. The lowest BCUT2D eigenvalue weighted by Crippen LogP contribution is -1.99. The summed E-state index contributed by atoms with van der Waals surface area (Å²) in [6.07, 6.45) is 0. The third-order valence-electron chi connectivity index (χ3n) is 1.14. The Labute approximate surface area is 73.7 Å². The molecular formula is C7H9BrN2O. The quantitative estimate of drug-likeness (QED) is 0.768. The molecule has 1 aromatic rings. The molecule has 0 atom stereocenters. The number of aromatic nitrogens is 1. The highest BCUT2D eigenvalue weighted by Crippen LogP contribution is 2.20. The monoisotopic (exact) mass is 216 g/mol. The van der Waals surface area contributed by atoms with Gasteiger partial charge in [-0.2, -0.15) is 0 Å². The lowest BCUT2D eigenvalue weighted by molar-refractivity contribution is 0.328. The molecule has 0 aliphatic heterocycles. The zero-order valence-electron chi connectivity index (χ0n) is 6.17. The van der Waals surface area contributed by atoms with Crippen molar-refractivity contribution < 1.29 is 4.74 Å². The lowest BCUT2D eigenvalue weighted by Gasteiger charge is -2.04. The topological polar surface area (TPSA) is 48.1 Å². The zero-order chi connectivity index (χ0) is 8.27. The summed E-state index contributed by atoms with van der Waals surface area (Å²) < 4.78 is 5.88. The van der Waals surface area contributed by atoms with E-state index in [9.17, 15) is 0 Å². The Morgan fingerprint density at radius 2 is 2.36 bits per heavy atom. The maximum Gasteiger partial charge on any atom is 0.238 e. The van der Waals surface area contributed by atoms with E-state index in [4.69, 9.17) is 10.5 Å². The van der Waals surface area contributed by atoms with Crippen LogP contribution in [0, 0.1) is 0 Å². The van der Waals surface area contributed by atoms with Gasteiger partial charge in [0, 0.05) is 0 Å². The molecule has 11 heavy (non-hydrogen) atoms. The molecule has 1 aromatic heterocycles. The van der Waals surface area contributed by atoms with Crippen molar-refractivity contribution in [1.29, 1.82) is 0 Å². The maximum atomic E-state index is 5.57. The Bertz CT molecular complexity index is 252. The van der Waals surface area contributed by atoms with Crippen LogP contribution in [0.5, 0.6) is 5.88 Å². The molecule has 0 unspecified atom stereocenters. The van der Waals surface area contributed by atoms with E-state index in [0.717, 1.165) is 4.60 Å². The second kappa shape index (κ2) is 3.57. The molecule has 0 spiro atoms. The molecule has 0 aliphatic rings. The number of hydrogen-bond acceptors (Lipinski definition) is 3. The maximum absolute atomic E-state index is 5.57. The molecule has 0 radical (unpaired) electrons. The van der Waals surface area contributed by atoms with Crippen LogP contribution < -0.4 is 10.5 Å². The lowest BCUT2D eigenvalue weighted by atomic mass is 10.4. The number of nitrogens with two attached hydrogens (primary N) is 1. The Balaban J connectivity index is 2.93. The van der Waals surface area contributed by atoms with Crippen LogP contribution in [0.3, 0.4) is 0 Å². The molecule has 1 rings (SSSR count). The van der Waals surface area contributed by atoms with Crippen molar-refractivity contribution in [2.45, 2.75) is 6.92 Å². The van der Waals surface area contributed by atoms with Crippen molar-refractivity contribution >= 4 is 21.6 Å². The van der Waals surface area contributed by atoms with Crippen molar-refractivity contribution in [2.75, 3.05) is 12.3 Å². The van der Waals surface area contributed by atoms with Crippen LogP contribution in [0.25, 0.3) is 0 Å². The van der Waals surface area contributed by atoms with Gasteiger partial charge in [-0.15, -0.1) is 0 Å². The third kappa shape index (κ3) is 2.08. The second-order valence-electron chi connectivity index (χ2n) is 1.96. The van der Waals surface area contributed by atoms with Gasteiger partial charge >= 0.3 is 0 Å². The van der Waals surface area contributed by atoms with E-state index in [1.807, 2.05) is 6.92 Å². The van der Waals surface area contributed by atoms with Gasteiger partial charge in [-0.05, 0) is 35.0 Å². The van der Waals surface area contributed by atoms with Crippen LogP contribution in [0.1, 0.15) is 6.92 Å². The Kier molecular flexibility index (Phi) is 2.70. The van der Waals surface area contributed by atoms with Crippen molar-refractivity contribution in [3.63, 3.8) is 0 Å². The summed E-state index contributed by atoms with van der Waals surface area (Å²) in [5.74, 6) is 0.488. The molecule has 0 aliphatic carbocycles. The van der Waals surface area contributed by atoms with Crippen LogP contribution in [-0.2, 0) is 0 Å². The van der Waals surface area contributed by atoms with E-state index in [-0.39, 0.29) is 0 Å². The standard InChI is InChI=1S/C7H9BrN2O/c1-2-11-7-5(9)3-4-6(8)10-7/h3-4H,2,9H2,1H3. The molecule has 0 amide bonds. The summed E-state index contributed by atoms with van der Waals surface area (Å²) in [6.45, 7) is 2.47. The van der Waals surface area contributed by atoms with Gasteiger partial charge in [0.25, 0.3) is 0 Å². The molecule has 4 heteroatoms. The van der Waals surface area contributed by atoms with Gasteiger partial charge < -0.3 is 10.5 Å². The van der Waals surface area contributed by atoms with Crippen molar-refractivity contribution in [3.8, 4) is 5.88 Å². The van der Waals surface area contributed by atoms with E-state index in [1.165, 1.54) is 0 Å². The number of anilines is 1. The number of hydrogen-bond donors (Lipinski definition) is 1. The SMILES string of the molecule is CCOc1nc(Br)ccc1N. The van der Waals surface area contributed by atoms with Crippen LogP contribution in [0.2, 0.25) is 0 Å². The molecule has 0 fully saturated rings. The van der Waals surface area contributed by atoms with Crippen LogP contribution in [0.15, 0.2) is 16.7 Å². The number of halogens is 1. The second-order valence-corrected chi connectivity index (χ2v) is 2.77. The minimum atomic E-state index is 0.488. The molecule has 60 valence electrons. The van der Waals surface area contributed by atoms with E-state index in [2.05, 4.69) is 20.9 Å². The predicted octanol–water partition coefficient (Wildman–Crippen LogP) is 1.82. The minimum Gasteiger partial charge on any atom is -0.476 e. The fraction of sp³-hybridized carbons (Fsp3) is 0.286. The number of ether oxygens (including phenoxy) is 1. The van der Waals surface area contributed by atoms with Gasteiger partial charge in [0.05, 0.1) is 12.3 Å². The smallest absolute Gasteiger partial charge is 0.238 e. The number of nitrogens with zero attached hydrogens (tertiary/aromatic N) is 1. The minimum absolute atomic E-state index is 0.488. The van der Waals surface area contributed by atoms with Gasteiger partial charge in [0.1, 0.15) is 4.60 Å². The largest absolute Gasteiger partial charge is 0.476 e. The fourth-order valence-electron chi connectivity index (χ4n) is 0.681. The predicted molar refractivity (Wildman–Crippen MR) is 47.5 cm³/mol. The number of nitrogen functional groups attached to an aromatic ring is 1. The number of pyridine rings is 1. The first-order chi connectivity index (χ1) is 5.24.